The molecular formula is C21H21N3O4S3. The molecule has 2 N–H and O–H groups in total. The number of thiophene rings is 2. The second kappa shape index (κ2) is 9.31. The van der Waals surface area contributed by atoms with Crippen molar-refractivity contribution in [3.05, 3.63) is 69.7 Å². The van der Waals surface area contributed by atoms with Gasteiger partial charge in [-0.1, -0.05) is 24.3 Å². The van der Waals surface area contributed by atoms with Crippen LogP contribution in [0.15, 0.2) is 63.5 Å². The second-order valence-electron chi connectivity index (χ2n) is 7.10. The van der Waals surface area contributed by atoms with E-state index in [1.165, 1.54) is 22.7 Å². The Kier molecular flexibility index (Phi) is 6.51. The SMILES string of the molecule is O=C(Nc1ccccc1C(=O)N1CCC(NS(=O)(=O)c2cccs2)CC1)c1cccs1. The van der Waals surface area contributed by atoms with Crippen LogP contribution in [-0.4, -0.2) is 44.3 Å². The number of benzene rings is 1. The number of hydrogen-bond donors (Lipinski definition) is 2. The van der Waals surface area contributed by atoms with E-state index in [1.807, 2.05) is 5.38 Å². The highest BCUT2D eigenvalue weighted by atomic mass is 32.2. The van der Waals surface area contributed by atoms with Crippen LogP contribution in [0.1, 0.15) is 32.9 Å². The van der Waals surface area contributed by atoms with Crippen LogP contribution in [0.4, 0.5) is 5.69 Å². The van der Waals surface area contributed by atoms with Crippen molar-refractivity contribution in [3.63, 3.8) is 0 Å². The highest BCUT2D eigenvalue weighted by Crippen LogP contribution is 2.23. The smallest absolute Gasteiger partial charge is 0.265 e. The molecule has 3 heterocycles. The van der Waals surface area contributed by atoms with Crippen molar-refractivity contribution in [2.45, 2.75) is 23.1 Å². The van der Waals surface area contributed by atoms with Gasteiger partial charge in [-0.3, -0.25) is 9.59 Å². The average molecular weight is 476 g/mol. The van der Waals surface area contributed by atoms with E-state index < -0.39 is 10.0 Å². The van der Waals surface area contributed by atoms with Crippen LogP contribution in [-0.2, 0) is 10.0 Å². The molecule has 3 aromatic rings. The summed E-state index contributed by atoms with van der Waals surface area (Å²) in [6.45, 7) is 0.868. The molecule has 4 rings (SSSR count). The van der Waals surface area contributed by atoms with Crippen LogP contribution in [0.3, 0.4) is 0 Å². The van der Waals surface area contributed by atoms with Gasteiger partial charge in [-0.25, -0.2) is 13.1 Å². The number of sulfonamides is 1. The number of nitrogens with one attached hydrogen (secondary N) is 2. The lowest BCUT2D eigenvalue weighted by Gasteiger charge is -2.32. The molecule has 1 saturated heterocycles. The molecule has 31 heavy (non-hydrogen) atoms. The zero-order chi connectivity index (χ0) is 21.8. The Hall–Kier alpha value is -2.53. The van der Waals surface area contributed by atoms with Gasteiger partial charge in [-0.2, -0.15) is 0 Å². The number of hydrogen-bond acceptors (Lipinski definition) is 6. The van der Waals surface area contributed by atoms with Crippen LogP contribution in [0.2, 0.25) is 0 Å². The van der Waals surface area contributed by atoms with Gasteiger partial charge < -0.3 is 10.2 Å². The van der Waals surface area contributed by atoms with Gasteiger partial charge >= 0.3 is 0 Å². The van der Waals surface area contributed by atoms with E-state index in [9.17, 15) is 18.0 Å². The van der Waals surface area contributed by atoms with Gasteiger partial charge in [-0.15, -0.1) is 22.7 Å². The molecule has 2 aromatic heterocycles. The number of rotatable bonds is 6. The Bertz CT molecular complexity index is 1150. The fourth-order valence-corrected chi connectivity index (χ4v) is 6.37. The fourth-order valence-electron chi connectivity index (χ4n) is 3.43. The minimum Gasteiger partial charge on any atom is -0.338 e. The van der Waals surface area contributed by atoms with Gasteiger partial charge in [0.15, 0.2) is 0 Å². The molecule has 2 amide bonds. The van der Waals surface area contributed by atoms with Gasteiger partial charge in [0.1, 0.15) is 4.21 Å². The lowest BCUT2D eigenvalue weighted by molar-refractivity contribution is 0.0712. The van der Waals surface area contributed by atoms with E-state index in [-0.39, 0.29) is 17.9 Å². The summed E-state index contributed by atoms with van der Waals surface area (Å²) in [4.78, 5) is 27.8. The minimum absolute atomic E-state index is 0.179. The van der Waals surface area contributed by atoms with E-state index in [0.717, 1.165) is 0 Å². The summed E-state index contributed by atoms with van der Waals surface area (Å²) >= 11 is 2.51. The number of carbonyl (C=O) groups is 2. The Morgan fingerprint density at radius 1 is 0.935 bits per heavy atom. The quantitative estimate of drug-likeness (QED) is 0.569. The molecule has 0 saturated carbocycles. The summed E-state index contributed by atoms with van der Waals surface area (Å²) in [5.41, 5.74) is 0.886. The number of nitrogens with zero attached hydrogens (tertiary/aromatic N) is 1. The predicted octanol–water partition coefficient (Wildman–Crippen LogP) is 3.65. The summed E-state index contributed by atoms with van der Waals surface area (Å²) in [5.74, 6) is -0.432. The number of likely N-dealkylation sites (tertiary alicyclic amines) is 1. The number of piperidine rings is 1. The summed E-state index contributed by atoms with van der Waals surface area (Å²) in [6.07, 6.45) is 1.06. The van der Waals surface area contributed by atoms with Crippen LogP contribution < -0.4 is 10.0 Å². The summed E-state index contributed by atoms with van der Waals surface area (Å²) in [6, 6.07) is 13.5. The van der Waals surface area contributed by atoms with Gasteiger partial charge in [0.2, 0.25) is 10.0 Å². The number of carbonyl (C=O) groups excluding carboxylic acids is 2. The van der Waals surface area contributed by atoms with Crippen molar-refractivity contribution in [2.75, 3.05) is 18.4 Å². The molecule has 0 aliphatic carbocycles. The topological polar surface area (TPSA) is 95.6 Å². The van der Waals surface area contributed by atoms with Crippen molar-refractivity contribution >= 4 is 50.2 Å². The van der Waals surface area contributed by atoms with E-state index >= 15 is 0 Å². The lowest BCUT2D eigenvalue weighted by Crippen LogP contribution is -2.46. The van der Waals surface area contributed by atoms with Crippen LogP contribution in [0, 0.1) is 0 Å². The molecule has 0 bridgehead atoms. The Balaban J connectivity index is 1.39. The number of amides is 2. The number of anilines is 1. The Morgan fingerprint density at radius 2 is 1.65 bits per heavy atom. The lowest BCUT2D eigenvalue weighted by atomic mass is 10.0. The molecule has 1 aliphatic rings. The molecule has 0 spiro atoms. The van der Waals surface area contributed by atoms with Crippen molar-refractivity contribution < 1.29 is 18.0 Å². The standard InChI is InChI=1S/C21H21N3O4S3/c25-20(18-7-3-13-29-18)22-17-6-2-1-5-16(17)21(26)24-11-9-15(10-12-24)23-31(27,28)19-8-4-14-30-19/h1-8,13-15,23H,9-12H2,(H,22,25). The highest BCUT2D eigenvalue weighted by molar-refractivity contribution is 7.91. The fraction of sp³-hybridized carbons (Fsp3) is 0.238. The van der Waals surface area contributed by atoms with Crippen molar-refractivity contribution in [3.8, 4) is 0 Å². The van der Waals surface area contributed by atoms with E-state index in [1.54, 1.807) is 58.8 Å². The largest absolute Gasteiger partial charge is 0.338 e. The Morgan fingerprint density at radius 3 is 2.32 bits per heavy atom. The summed E-state index contributed by atoms with van der Waals surface area (Å²) < 4.78 is 27.9. The van der Waals surface area contributed by atoms with Gasteiger partial charge in [0, 0.05) is 19.1 Å². The molecule has 7 nitrogen and oxygen atoms in total. The monoisotopic (exact) mass is 475 g/mol. The first-order valence-corrected chi connectivity index (χ1v) is 13.0. The Labute approximate surface area is 188 Å². The number of para-hydroxylation sites is 1. The first-order chi connectivity index (χ1) is 14.9. The molecule has 1 fully saturated rings. The summed E-state index contributed by atoms with van der Waals surface area (Å²) in [5, 5.41) is 6.37. The van der Waals surface area contributed by atoms with Crippen molar-refractivity contribution in [2.24, 2.45) is 0 Å². The van der Waals surface area contributed by atoms with Crippen LogP contribution >= 0.6 is 22.7 Å². The minimum atomic E-state index is -3.53. The third-order valence-electron chi connectivity index (χ3n) is 5.01. The molecular weight excluding hydrogens is 454 g/mol. The first kappa shape index (κ1) is 21.7. The summed E-state index contributed by atoms with van der Waals surface area (Å²) in [7, 11) is -3.53. The highest BCUT2D eigenvalue weighted by Gasteiger charge is 2.28. The van der Waals surface area contributed by atoms with Gasteiger partial charge in [-0.05, 0) is 47.9 Å². The normalized spacial score (nSPS) is 15.0. The molecule has 1 aliphatic heterocycles. The van der Waals surface area contributed by atoms with Crippen LogP contribution in [0.25, 0.3) is 0 Å². The zero-order valence-corrected chi connectivity index (χ0v) is 18.9. The molecule has 10 heteroatoms. The molecule has 0 atom stereocenters. The third kappa shape index (κ3) is 5.04. The van der Waals surface area contributed by atoms with E-state index in [4.69, 9.17) is 0 Å². The molecule has 1 aromatic carbocycles. The third-order valence-corrected chi connectivity index (χ3v) is 8.80. The second-order valence-corrected chi connectivity index (χ2v) is 10.9. The predicted molar refractivity (Wildman–Crippen MR) is 122 cm³/mol. The van der Waals surface area contributed by atoms with E-state index in [0.29, 0.717) is 46.3 Å². The molecule has 0 unspecified atom stereocenters. The van der Waals surface area contributed by atoms with Gasteiger partial charge in [0.05, 0.1) is 16.1 Å². The molecule has 162 valence electrons. The van der Waals surface area contributed by atoms with Crippen LogP contribution in [0.5, 0.6) is 0 Å². The maximum absolute atomic E-state index is 13.1. The maximum Gasteiger partial charge on any atom is 0.265 e. The zero-order valence-electron chi connectivity index (χ0n) is 16.5. The first-order valence-electron chi connectivity index (χ1n) is 9.73. The molecule has 0 radical (unpaired) electrons. The average Bonchev–Trinajstić information content (AvgIpc) is 3.48. The van der Waals surface area contributed by atoms with Crippen molar-refractivity contribution in [1.82, 2.24) is 9.62 Å². The van der Waals surface area contributed by atoms with E-state index in [2.05, 4.69) is 10.0 Å². The van der Waals surface area contributed by atoms with Crippen molar-refractivity contribution in [1.29, 1.82) is 0 Å². The maximum atomic E-state index is 13.1. The van der Waals surface area contributed by atoms with Gasteiger partial charge in [0.25, 0.3) is 11.8 Å².